The first-order valence-corrected chi connectivity index (χ1v) is 12.1. The third kappa shape index (κ3) is 3.00. The molecule has 6 atom stereocenters. The second kappa shape index (κ2) is 7.84. The standard InChI is InChI=1S/C25H33.2ClH.Zr/c1-15-13-21-19-11-7-8-12-20(19)24-18-10-6-5-9-17(18)14-22(24)23(21)16(2)25(15,3)4;;;/h5-6,9-10,15,19-21,24H,7-8,11-14H2,1-4H3;2*1H;/q;;;+2/p-2. The number of fused-ring (bicyclic) bond motifs is 7. The fourth-order valence-corrected chi connectivity index (χ4v) is 8.76. The minimum absolute atomic E-state index is 0. The van der Waals surface area contributed by atoms with Crippen molar-refractivity contribution < 1.29 is 49.5 Å². The van der Waals surface area contributed by atoms with Crippen molar-refractivity contribution in [2.45, 2.75) is 75.3 Å². The number of rotatable bonds is 0. The Hall–Kier alpha value is 0.423. The number of hydrogen-bond donors (Lipinski definition) is 0. The van der Waals surface area contributed by atoms with Crippen LogP contribution in [-0.2, 0) is 31.1 Å². The molecule has 1 aromatic carbocycles. The number of halogens is 2. The molecule has 4 aliphatic rings. The molecule has 0 spiro atoms. The van der Waals surface area contributed by atoms with Crippen molar-refractivity contribution in [2.24, 2.45) is 29.1 Å². The summed E-state index contributed by atoms with van der Waals surface area (Å²) in [5.41, 5.74) is 7.61. The van der Waals surface area contributed by atoms with E-state index in [1.54, 1.807) is 35.8 Å². The summed E-state index contributed by atoms with van der Waals surface area (Å²) in [7, 11) is 0. The molecule has 0 aliphatic heterocycles. The third-order valence-corrected chi connectivity index (χ3v) is 11.6. The molecule has 0 radical (unpaired) electrons. The molecule has 5 rings (SSSR count). The van der Waals surface area contributed by atoms with Crippen LogP contribution in [-0.4, -0.2) is 0 Å². The molecule has 0 saturated heterocycles. The molecule has 2 fully saturated rings. The van der Waals surface area contributed by atoms with E-state index < -0.39 is 0 Å². The second-order valence-corrected chi connectivity index (χ2v) is 13.0. The van der Waals surface area contributed by atoms with Gasteiger partial charge in [0.25, 0.3) is 0 Å². The van der Waals surface area contributed by atoms with Gasteiger partial charge in [0.1, 0.15) is 0 Å². The van der Waals surface area contributed by atoms with Crippen LogP contribution in [0.25, 0.3) is 0 Å². The van der Waals surface area contributed by atoms with Gasteiger partial charge in [-0.3, -0.25) is 0 Å². The van der Waals surface area contributed by atoms with Gasteiger partial charge in [0, 0.05) is 0 Å². The maximum Gasteiger partial charge on any atom is -1.00 e. The van der Waals surface area contributed by atoms with E-state index in [1.807, 2.05) is 11.1 Å². The Bertz CT molecular complexity index is 779. The molecule has 3 heteroatoms. The quantitative estimate of drug-likeness (QED) is 0.469. The summed E-state index contributed by atoms with van der Waals surface area (Å²) in [6.07, 6.45) is 8.60. The fraction of sp³-hybridized carbons (Fsp3) is 0.680. The zero-order valence-corrected chi connectivity index (χ0v) is 21.7. The molecule has 1 aromatic rings. The predicted octanol–water partition coefficient (Wildman–Crippen LogP) is 0.859. The monoisotopic (exact) mass is 493 g/mol. The topological polar surface area (TPSA) is 0 Å². The van der Waals surface area contributed by atoms with Crippen molar-refractivity contribution in [1.82, 2.24) is 0 Å². The van der Waals surface area contributed by atoms with Gasteiger partial charge in [-0.15, -0.1) is 0 Å². The molecule has 28 heavy (non-hydrogen) atoms. The minimum atomic E-state index is 0. The zero-order valence-electron chi connectivity index (χ0n) is 17.7. The van der Waals surface area contributed by atoms with Crippen molar-refractivity contribution in [1.29, 1.82) is 0 Å². The van der Waals surface area contributed by atoms with E-state index in [0.717, 1.165) is 29.6 Å². The second-order valence-electron chi connectivity index (χ2n) is 10.5. The van der Waals surface area contributed by atoms with Gasteiger partial charge in [-0.25, -0.2) is 0 Å². The molecule has 151 valence electrons. The van der Waals surface area contributed by atoms with Gasteiger partial charge >= 0.3 is 176 Å². The van der Waals surface area contributed by atoms with Crippen molar-refractivity contribution in [2.75, 3.05) is 0 Å². The first-order valence-electron chi connectivity index (χ1n) is 10.9. The van der Waals surface area contributed by atoms with Crippen LogP contribution in [0.5, 0.6) is 0 Å². The molecule has 0 aromatic heterocycles. The number of hydrogen-bond acceptors (Lipinski definition) is 0. The molecule has 0 amide bonds. The van der Waals surface area contributed by atoms with Crippen LogP contribution in [0.2, 0.25) is 3.12 Å². The molecule has 6 unspecified atom stereocenters. The Morgan fingerprint density at radius 2 is 1.61 bits per heavy atom. The van der Waals surface area contributed by atoms with E-state index in [9.17, 15) is 0 Å². The number of benzene rings is 1. The molecular weight excluding hydrogens is 462 g/mol. The molecule has 0 heterocycles. The number of allylic oxidation sites excluding steroid dienone is 2. The van der Waals surface area contributed by atoms with Gasteiger partial charge in [-0.05, 0) is 0 Å². The van der Waals surface area contributed by atoms with Crippen LogP contribution in [0.15, 0.2) is 35.4 Å². The smallest absolute Gasteiger partial charge is 1.00 e. The normalized spacial score (nSPS) is 40.3. The Labute approximate surface area is 199 Å². The van der Waals surface area contributed by atoms with Crippen molar-refractivity contribution in [3.8, 4) is 0 Å². The molecule has 0 nitrogen and oxygen atoms in total. The molecule has 0 bridgehead atoms. The van der Waals surface area contributed by atoms with Gasteiger partial charge in [0.15, 0.2) is 0 Å². The third-order valence-electron chi connectivity index (χ3n) is 9.35. The summed E-state index contributed by atoms with van der Waals surface area (Å²) in [5, 5.41) is 0. The molecule has 0 N–H and O–H groups in total. The van der Waals surface area contributed by atoms with Gasteiger partial charge < -0.3 is 24.8 Å². The van der Waals surface area contributed by atoms with E-state index in [-0.39, 0.29) is 24.8 Å². The Kier molecular flexibility index (Phi) is 6.46. The molecule has 4 aliphatic carbocycles. The average Bonchev–Trinajstić information content (AvgIpc) is 2.99. The van der Waals surface area contributed by atoms with Crippen molar-refractivity contribution in [3.63, 3.8) is 0 Å². The van der Waals surface area contributed by atoms with Crippen LogP contribution >= 0.6 is 0 Å². The molecular formula is C25H33Cl2Zr. The van der Waals surface area contributed by atoms with E-state index in [1.165, 1.54) is 38.5 Å². The Morgan fingerprint density at radius 1 is 0.964 bits per heavy atom. The minimum Gasteiger partial charge on any atom is -1.00 e. The van der Waals surface area contributed by atoms with Gasteiger partial charge in [-0.2, -0.15) is 0 Å². The first kappa shape index (κ1) is 23.1. The van der Waals surface area contributed by atoms with Crippen molar-refractivity contribution >= 4 is 0 Å². The van der Waals surface area contributed by atoms with Gasteiger partial charge in [-0.1, -0.05) is 0 Å². The van der Waals surface area contributed by atoms with E-state index in [0.29, 0.717) is 8.54 Å². The largest absolute Gasteiger partial charge is 1.00 e. The SMILES string of the molecule is CC1CC2C(=C3Cc4ccccc4C3C3CCCCC23)[C](C)([Zr+2])C1(C)C.[Cl-].[Cl-]. The van der Waals surface area contributed by atoms with E-state index in [4.69, 9.17) is 0 Å². The van der Waals surface area contributed by atoms with Crippen LogP contribution < -0.4 is 24.8 Å². The summed E-state index contributed by atoms with van der Waals surface area (Å²) >= 11 is 1.74. The predicted molar refractivity (Wildman–Crippen MR) is 105 cm³/mol. The maximum absolute atomic E-state index is 2.62. The van der Waals surface area contributed by atoms with Gasteiger partial charge in [0.2, 0.25) is 0 Å². The Morgan fingerprint density at radius 3 is 2.32 bits per heavy atom. The maximum atomic E-state index is 2.62. The van der Waals surface area contributed by atoms with Crippen LogP contribution in [0.1, 0.15) is 76.8 Å². The zero-order chi connectivity index (χ0) is 18.3. The first-order chi connectivity index (χ1) is 12.3. The van der Waals surface area contributed by atoms with Crippen LogP contribution in [0, 0.1) is 29.1 Å². The van der Waals surface area contributed by atoms with Crippen molar-refractivity contribution in [3.05, 3.63) is 46.5 Å². The van der Waals surface area contributed by atoms with E-state index >= 15 is 0 Å². The molecule has 2 saturated carbocycles. The average molecular weight is 496 g/mol. The fourth-order valence-electron chi connectivity index (χ4n) is 7.31. The summed E-state index contributed by atoms with van der Waals surface area (Å²) in [4.78, 5) is 0. The summed E-state index contributed by atoms with van der Waals surface area (Å²) in [5.74, 6) is 4.36. The van der Waals surface area contributed by atoms with Gasteiger partial charge in [0.05, 0.1) is 0 Å². The summed E-state index contributed by atoms with van der Waals surface area (Å²) < 4.78 is 0.403. The summed E-state index contributed by atoms with van der Waals surface area (Å²) in [6, 6.07) is 9.45. The Balaban J connectivity index is 0.00000112. The van der Waals surface area contributed by atoms with E-state index in [2.05, 4.69) is 52.0 Å². The van der Waals surface area contributed by atoms with Crippen LogP contribution in [0.3, 0.4) is 0 Å². The summed E-state index contributed by atoms with van der Waals surface area (Å²) in [6.45, 7) is 10.3. The van der Waals surface area contributed by atoms with Crippen LogP contribution in [0.4, 0.5) is 0 Å².